The monoisotopic (exact) mass is 224 g/mol. The van der Waals surface area contributed by atoms with Gasteiger partial charge in [-0.1, -0.05) is 6.92 Å². The summed E-state index contributed by atoms with van der Waals surface area (Å²) in [6.07, 6.45) is 6.26. The SMILES string of the molecule is CC(NCC1(C)CC1)C(=O)N1CCCCC1. The molecule has 0 spiro atoms. The molecule has 1 saturated heterocycles. The van der Waals surface area contributed by atoms with Gasteiger partial charge in [0.15, 0.2) is 0 Å². The molecule has 92 valence electrons. The largest absolute Gasteiger partial charge is 0.341 e. The van der Waals surface area contributed by atoms with Crippen LogP contribution in [0.3, 0.4) is 0 Å². The summed E-state index contributed by atoms with van der Waals surface area (Å²) < 4.78 is 0. The molecular weight excluding hydrogens is 200 g/mol. The van der Waals surface area contributed by atoms with Crippen molar-refractivity contribution in [2.45, 2.75) is 52.0 Å². The van der Waals surface area contributed by atoms with Crippen LogP contribution in [0.15, 0.2) is 0 Å². The van der Waals surface area contributed by atoms with Crippen molar-refractivity contribution in [3.8, 4) is 0 Å². The first kappa shape index (κ1) is 11.9. The number of hydrogen-bond donors (Lipinski definition) is 1. The molecule has 2 rings (SSSR count). The van der Waals surface area contributed by atoms with Gasteiger partial charge in [0.05, 0.1) is 6.04 Å². The molecular formula is C13H24N2O. The number of piperidine rings is 1. The van der Waals surface area contributed by atoms with Gasteiger partial charge in [0.1, 0.15) is 0 Å². The van der Waals surface area contributed by atoms with Crippen LogP contribution in [0.25, 0.3) is 0 Å². The molecule has 1 atom stereocenters. The van der Waals surface area contributed by atoms with Crippen LogP contribution in [0.5, 0.6) is 0 Å². The van der Waals surface area contributed by atoms with Gasteiger partial charge in [-0.25, -0.2) is 0 Å². The molecule has 1 heterocycles. The second kappa shape index (κ2) is 4.74. The van der Waals surface area contributed by atoms with Crippen LogP contribution in [0, 0.1) is 5.41 Å². The van der Waals surface area contributed by atoms with Gasteiger partial charge in [-0.2, -0.15) is 0 Å². The molecule has 1 N–H and O–H groups in total. The van der Waals surface area contributed by atoms with E-state index in [0.717, 1.165) is 19.6 Å². The van der Waals surface area contributed by atoms with E-state index in [1.54, 1.807) is 0 Å². The minimum atomic E-state index is -0.00414. The smallest absolute Gasteiger partial charge is 0.239 e. The topological polar surface area (TPSA) is 32.3 Å². The summed E-state index contributed by atoms with van der Waals surface area (Å²) in [4.78, 5) is 14.1. The van der Waals surface area contributed by atoms with E-state index in [1.807, 2.05) is 11.8 Å². The van der Waals surface area contributed by atoms with Crippen molar-refractivity contribution >= 4 is 5.91 Å². The normalized spacial score (nSPS) is 25.2. The number of hydrogen-bond acceptors (Lipinski definition) is 2. The number of nitrogens with one attached hydrogen (secondary N) is 1. The van der Waals surface area contributed by atoms with Gasteiger partial charge < -0.3 is 10.2 Å². The third kappa shape index (κ3) is 2.97. The molecule has 1 aliphatic carbocycles. The van der Waals surface area contributed by atoms with Crippen molar-refractivity contribution in [3.63, 3.8) is 0 Å². The summed E-state index contributed by atoms with van der Waals surface area (Å²) in [5, 5.41) is 3.39. The second-order valence-electron chi connectivity index (χ2n) is 5.80. The average Bonchev–Trinajstić information content (AvgIpc) is 3.05. The molecule has 1 amide bonds. The Labute approximate surface area is 98.6 Å². The molecule has 3 nitrogen and oxygen atoms in total. The summed E-state index contributed by atoms with van der Waals surface area (Å²) in [5.74, 6) is 0.295. The van der Waals surface area contributed by atoms with E-state index in [9.17, 15) is 4.79 Å². The predicted octanol–water partition coefficient (Wildman–Crippen LogP) is 1.78. The van der Waals surface area contributed by atoms with Gasteiger partial charge in [-0.05, 0) is 44.4 Å². The molecule has 0 aromatic rings. The lowest BCUT2D eigenvalue weighted by Crippen LogP contribution is -2.47. The van der Waals surface area contributed by atoms with Crippen molar-refractivity contribution in [1.82, 2.24) is 10.2 Å². The molecule has 0 bridgehead atoms. The zero-order valence-corrected chi connectivity index (χ0v) is 10.6. The molecule has 1 aliphatic heterocycles. The van der Waals surface area contributed by atoms with E-state index >= 15 is 0 Å². The highest BCUT2D eigenvalue weighted by Gasteiger charge is 2.37. The first-order chi connectivity index (χ1) is 7.61. The first-order valence-corrected chi connectivity index (χ1v) is 6.63. The highest BCUT2D eigenvalue weighted by atomic mass is 16.2. The van der Waals surface area contributed by atoms with Crippen molar-refractivity contribution in [3.05, 3.63) is 0 Å². The fourth-order valence-electron chi connectivity index (χ4n) is 2.27. The quantitative estimate of drug-likeness (QED) is 0.789. The number of carbonyl (C=O) groups excluding carboxylic acids is 1. The Morgan fingerprint density at radius 2 is 1.94 bits per heavy atom. The van der Waals surface area contributed by atoms with Gasteiger partial charge in [0.2, 0.25) is 5.91 Å². The van der Waals surface area contributed by atoms with E-state index in [0.29, 0.717) is 11.3 Å². The zero-order chi connectivity index (χ0) is 11.6. The third-order valence-corrected chi connectivity index (χ3v) is 3.98. The number of rotatable bonds is 4. The maximum absolute atomic E-state index is 12.1. The maximum Gasteiger partial charge on any atom is 0.239 e. The van der Waals surface area contributed by atoms with Gasteiger partial charge in [0.25, 0.3) is 0 Å². The molecule has 16 heavy (non-hydrogen) atoms. The predicted molar refractivity (Wildman–Crippen MR) is 65.2 cm³/mol. The number of carbonyl (C=O) groups is 1. The maximum atomic E-state index is 12.1. The van der Waals surface area contributed by atoms with E-state index < -0.39 is 0 Å². The first-order valence-electron chi connectivity index (χ1n) is 6.63. The van der Waals surface area contributed by atoms with Crippen LogP contribution in [0.4, 0.5) is 0 Å². The number of likely N-dealkylation sites (tertiary alicyclic amines) is 1. The number of amides is 1. The third-order valence-electron chi connectivity index (χ3n) is 3.98. The van der Waals surface area contributed by atoms with Crippen LogP contribution < -0.4 is 5.32 Å². The fourth-order valence-corrected chi connectivity index (χ4v) is 2.27. The van der Waals surface area contributed by atoms with E-state index in [4.69, 9.17) is 0 Å². The van der Waals surface area contributed by atoms with Gasteiger partial charge >= 0.3 is 0 Å². The lowest BCUT2D eigenvalue weighted by molar-refractivity contribution is -0.133. The highest BCUT2D eigenvalue weighted by molar-refractivity contribution is 5.81. The molecule has 0 aromatic carbocycles. The minimum Gasteiger partial charge on any atom is -0.341 e. The fraction of sp³-hybridized carbons (Fsp3) is 0.923. The molecule has 3 heteroatoms. The Bertz CT molecular complexity index is 255. The lowest BCUT2D eigenvalue weighted by atomic mass is 10.1. The van der Waals surface area contributed by atoms with E-state index in [-0.39, 0.29) is 6.04 Å². The Morgan fingerprint density at radius 3 is 2.50 bits per heavy atom. The van der Waals surface area contributed by atoms with Crippen LogP contribution in [-0.4, -0.2) is 36.5 Å². The van der Waals surface area contributed by atoms with Gasteiger partial charge in [0, 0.05) is 19.6 Å². The summed E-state index contributed by atoms with van der Waals surface area (Å²) in [5.41, 5.74) is 0.483. The summed E-state index contributed by atoms with van der Waals surface area (Å²) in [6.45, 7) is 7.21. The Hall–Kier alpha value is -0.570. The molecule has 1 unspecified atom stereocenters. The molecule has 0 radical (unpaired) electrons. The zero-order valence-electron chi connectivity index (χ0n) is 10.6. The lowest BCUT2D eigenvalue weighted by Gasteiger charge is -2.30. The Balaban J connectivity index is 1.74. The minimum absolute atomic E-state index is 0.00414. The van der Waals surface area contributed by atoms with Crippen molar-refractivity contribution in [2.75, 3.05) is 19.6 Å². The van der Waals surface area contributed by atoms with Gasteiger partial charge in [-0.3, -0.25) is 4.79 Å². The molecule has 1 saturated carbocycles. The Morgan fingerprint density at radius 1 is 1.31 bits per heavy atom. The van der Waals surface area contributed by atoms with E-state index in [2.05, 4.69) is 12.2 Å². The highest BCUT2D eigenvalue weighted by Crippen LogP contribution is 2.44. The van der Waals surface area contributed by atoms with Crippen LogP contribution in [-0.2, 0) is 4.79 Å². The summed E-state index contributed by atoms with van der Waals surface area (Å²) in [6, 6.07) is -0.00414. The Kier molecular flexibility index (Phi) is 3.53. The second-order valence-corrected chi connectivity index (χ2v) is 5.80. The van der Waals surface area contributed by atoms with Crippen molar-refractivity contribution in [1.29, 1.82) is 0 Å². The van der Waals surface area contributed by atoms with Crippen molar-refractivity contribution < 1.29 is 4.79 Å². The van der Waals surface area contributed by atoms with Gasteiger partial charge in [-0.15, -0.1) is 0 Å². The standard InChI is InChI=1S/C13H24N2O/c1-11(14-10-13(2)6-7-13)12(16)15-8-4-3-5-9-15/h11,14H,3-10H2,1-2H3. The van der Waals surface area contributed by atoms with E-state index in [1.165, 1.54) is 32.1 Å². The molecule has 2 aliphatic rings. The number of nitrogens with zero attached hydrogens (tertiary/aromatic N) is 1. The summed E-state index contributed by atoms with van der Waals surface area (Å²) >= 11 is 0. The van der Waals surface area contributed by atoms with Crippen LogP contribution in [0.2, 0.25) is 0 Å². The van der Waals surface area contributed by atoms with Crippen LogP contribution >= 0.6 is 0 Å². The van der Waals surface area contributed by atoms with Crippen molar-refractivity contribution in [2.24, 2.45) is 5.41 Å². The van der Waals surface area contributed by atoms with Crippen LogP contribution in [0.1, 0.15) is 46.0 Å². The molecule has 0 aromatic heterocycles. The molecule has 2 fully saturated rings. The summed E-state index contributed by atoms with van der Waals surface area (Å²) in [7, 11) is 0. The average molecular weight is 224 g/mol.